The van der Waals surface area contributed by atoms with Gasteiger partial charge in [0.25, 0.3) is 10.0 Å². The summed E-state index contributed by atoms with van der Waals surface area (Å²) < 4.78 is 40.9. The lowest BCUT2D eigenvalue weighted by Gasteiger charge is -2.28. The second kappa shape index (κ2) is 14.5. The van der Waals surface area contributed by atoms with E-state index < -0.39 is 16.1 Å². The maximum absolute atomic E-state index is 12.7. The molecule has 240 valence electrons. The smallest absolute Gasteiger partial charge is 0.338 e. The SMILES string of the molecule is CC(C)(CCn1cnc2cc(C(=O)OCCN3CCOCC3)ccc21)NCC(O)c1cccc(NS(=O)(=O)c2ccccc2)c1. The number of anilines is 1. The number of hydrogen-bond donors (Lipinski definition) is 3. The Bertz CT molecular complexity index is 1690. The second-order valence-corrected chi connectivity index (χ2v) is 13.5. The number of carbonyl (C=O) groups excluding carboxylic acids is 1. The number of aromatic nitrogens is 2. The van der Waals surface area contributed by atoms with Gasteiger partial charge in [0.15, 0.2) is 0 Å². The molecular weight excluding hydrogens is 594 g/mol. The number of morpholine rings is 1. The topological polar surface area (TPSA) is 135 Å². The van der Waals surface area contributed by atoms with Crippen LogP contribution in [0, 0.1) is 0 Å². The van der Waals surface area contributed by atoms with Crippen LogP contribution in [0.4, 0.5) is 5.69 Å². The molecule has 45 heavy (non-hydrogen) atoms. The summed E-state index contributed by atoms with van der Waals surface area (Å²) in [4.78, 5) is 19.5. The highest BCUT2D eigenvalue weighted by Crippen LogP contribution is 2.22. The lowest BCUT2D eigenvalue weighted by Crippen LogP contribution is -2.42. The van der Waals surface area contributed by atoms with E-state index in [1.807, 2.05) is 10.6 Å². The first-order chi connectivity index (χ1) is 21.6. The van der Waals surface area contributed by atoms with Gasteiger partial charge < -0.3 is 24.5 Å². The monoisotopic (exact) mass is 635 g/mol. The largest absolute Gasteiger partial charge is 0.461 e. The number of hydrogen-bond acceptors (Lipinski definition) is 9. The van der Waals surface area contributed by atoms with Crippen molar-refractivity contribution in [2.24, 2.45) is 0 Å². The maximum Gasteiger partial charge on any atom is 0.338 e. The van der Waals surface area contributed by atoms with E-state index in [0.717, 1.165) is 30.5 Å². The van der Waals surface area contributed by atoms with E-state index in [9.17, 15) is 18.3 Å². The molecule has 0 radical (unpaired) electrons. The molecule has 11 nitrogen and oxygen atoms in total. The normalized spacial score (nSPS) is 15.2. The minimum atomic E-state index is -3.73. The van der Waals surface area contributed by atoms with Crippen molar-refractivity contribution in [1.82, 2.24) is 19.8 Å². The summed E-state index contributed by atoms with van der Waals surface area (Å²) in [7, 11) is -3.73. The molecule has 3 aromatic carbocycles. The summed E-state index contributed by atoms with van der Waals surface area (Å²) in [5.74, 6) is -0.359. The highest BCUT2D eigenvalue weighted by Gasteiger charge is 2.21. The maximum atomic E-state index is 12.7. The Labute approximate surface area is 264 Å². The molecule has 0 amide bonds. The van der Waals surface area contributed by atoms with Gasteiger partial charge in [-0.25, -0.2) is 18.2 Å². The molecule has 0 saturated carbocycles. The summed E-state index contributed by atoms with van der Waals surface area (Å²) in [5.41, 5.74) is 2.78. The Morgan fingerprint density at radius 2 is 1.82 bits per heavy atom. The standard InChI is InChI=1S/C33H41N5O6S/c1-33(2,35-23-31(39)25-7-6-8-27(21-25)36-45(41,42)28-9-4-3-5-10-28)13-14-38-24-34-29-22-26(11-12-30(29)38)32(40)44-20-17-37-15-18-43-19-16-37/h3-12,21-22,24,31,35-36,39H,13-20,23H2,1-2H3. The Hall–Kier alpha value is -3.81. The Balaban J connectivity index is 1.11. The molecule has 1 aromatic heterocycles. The molecule has 0 aliphatic carbocycles. The summed E-state index contributed by atoms with van der Waals surface area (Å²) in [6.07, 6.45) is 1.67. The van der Waals surface area contributed by atoms with Gasteiger partial charge in [-0.05, 0) is 68.3 Å². The van der Waals surface area contributed by atoms with E-state index in [0.29, 0.717) is 49.7 Å². The van der Waals surface area contributed by atoms with Gasteiger partial charge in [0, 0.05) is 44.0 Å². The van der Waals surface area contributed by atoms with Gasteiger partial charge in [-0.3, -0.25) is 9.62 Å². The van der Waals surface area contributed by atoms with E-state index in [-0.39, 0.29) is 22.9 Å². The van der Waals surface area contributed by atoms with Crippen LogP contribution < -0.4 is 10.0 Å². The number of nitrogens with one attached hydrogen (secondary N) is 2. The number of imidazole rings is 1. The number of fused-ring (bicyclic) bond motifs is 1. The average Bonchev–Trinajstić information content (AvgIpc) is 3.46. The summed E-state index contributed by atoms with van der Waals surface area (Å²) >= 11 is 0. The van der Waals surface area contributed by atoms with Crippen LogP contribution in [0.2, 0.25) is 0 Å². The van der Waals surface area contributed by atoms with Crippen LogP contribution in [0.25, 0.3) is 11.0 Å². The van der Waals surface area contributed by atoms with E-state index in [1.54, 1.807) is 60.9 Å². The van der Waals surface area contributed by atoms with Crippen LogP contribution in [0.15, 0.2) is 84.0 Å². The Kier molecular flexibility index (Phi) is 10.5. The van der Waals surface area contributed by atoms with Crippen LogP contribution in [0.1, 0.15) is 42.3 Å². The van der Waals surface area contributed by atoms with Crippen molar-refractivity contribution < 1.29 is 27.8 Å². The zero-order chi connectivity index (χ0) is 31.9. The summed E-state index contributed by atoms with van der Waals surface area (Å²) in [6.45, 7) is 9.22. The summed E-state index contributed by atoms with van der Waals surface area (Å²) in [6, 6.07) is 20.4. The number of aliphatic hydroxyl groups excluding tert-OH is 1. The second-order valence-electron chi connectivity index (χ2n) is 11.8. The van der Waals surface area contributed by atoms with E-state index in [4.69, 9.17) is 9.47 Å². The van der Waals surface area contributed by atoms with Crippen molar-refractivity contribution in [3.63, 3.8) is 0 Å². The van der Waals surface area contributed by atoms with Crippen molar-refractivity contribution in [1.29, 1.82) is 0 Å². The van der Waals surface area contributed by atoms with Crippen molar-refractivity contribution in [3.8, 4) is 0 Å². The number of benzene rings is 3. The Morgan fingerprint density at radius 3 is 2.60 bits per heavy atom. The fraction of sp³-hybridized carbons (Fsp3) is 0.394. The first-order valence-corrected chi connectivity index (χ1v) is 16.6. The summed E-state index contributed by atoms with van der Waals surface area (Å²) in [5, 5.41) is 14.3. The van der Waals surface area contributed by atoms with E-state index >= 15 is 0 Å². The van der Waals surface area contributed by atoms with Crippen LogP contribution in [-0.2, 0) is 26.0 Å². The van der Waals surface area contributed by atoms with Gasteiger partial charge in [0.1, 0.15) is 6.61 Å². The van der Waals surface area contributed by atoms with Crippen molar-refractivity contribution in [2.45, 2.75) is 43.4 Å². The number of carbonyl (C=O) groups is 1. The van der Waals surface area contributed by atoms with E-state index in [2.05, 4.69) is 33.8 Å². The highest BCUT2D eigenvalue weighted by molar-refractivity contribution is 7.92. The predicted octanol–water partition coefficient (Wildman–Crippen LogP) is 3.82. The van der Waals surface area contributed by atoms with Crippen LogP contribution in [0.3, 0.4) is 0 Å². The third kappa shape index (κ3) is 8.89. The van der Waals surface area contributed by atoms with Gasteiger partial charge in [0.2, 0.25) is 0 Å². The molecule has 1 aliphatic heterocycles. The molecule has 1 fully saturated rings. The number of β-amino-alcohol motifs (C(OH)–C–C–N with tert-alkyl or cyclic N) is 1. The van der Waals surface area contributed by atoms with Gasteiger partial charge in [-0.2, -0.15) is 0 Å². The number of nitrogens with zero attached hydrogens (tertiary/aromatic N) is 3. The van der Waals surface area contributed by atoms with Crippen LogP contribution in [-0.4, -0.2) is 85.5 Å². The molecule has 4 aromatic rings. The molecule has 2 heterocycles. The number of aryl methyl sites for hydroxylation is 1. The molecule has 3 N–H and O–H groups in total. The van der Waals surface area contributed by atoms with Crippen molar-refractivity contribution in [3.05, 3.63) is 90.3 Å². The lowest BCUT2D eigenvalue weighted by atomic mass is 9.99. The predicted molar refractivity (Wildman–Crippen MR) is 173 cm³/mol. The van der Waals surface area contributed by atoms with Gasteiger partial charge >= 0.3 is 5.97 Å². The first kappa shape index (κ1) is 32.6. The molecule has 1 atom stereocenters. The minimum absolute atomic E-state index is 0.170. The number of esters is 1. The van der Waals surface area contributed by atoms with Gasteiger partial charge in [-0.1, -0.05) is 30.3 Å². The quantitative estimate of drug-likeness (QED) is 0.177. The molecule has 0 bridgehead atoms. The van der Waals surface area contributed by atoms with Crippen LogP contribution >= 0.6 is 0 Å². The van der Waals surface area contributed by atoms with Crippen molar-refractivity contribution >= 4 is 32.7 Å². The molecule has 5 rings (SSSR count). The van der Waals surface area contributed by atoms with Gasteiger partial charge in [-0.15, -0.1) is 0 Å². The molecule has 1 aliphatic rings. The Morgan fingerprint density at radius 1 is 1.04 bits per heavy atom. The number of ether oxygens (including phenoxy) is 2. The molecular formula is C33H41N5O6S. The molecule has 1 unspecified atom stereocenters. The third-order valence-electron chi connectivity index (χ3n) is 7.93. The third-order valence-corrected chi connectivity index (χ3v) is 9.33. The van der Waals surface area contributed by atoms with E-state index in [1.165, 1.54) is 12.1 Å². The molecule has 0 spiro atoms. The fourth-order valence-electron chi connectivity index (χ4n) is 5.15. The highest BCUT2D eigenvalue weighted by atomic mass is 32.2. The molecule has 1 saturated heterocycles. The molecule has 12 heteroatoms. The lowest BCUT2D eigenvalue weighted by molar-refractivity contribution is 0.0195. The van der Waals surface area contributed by atoms with Crippen LogP contribution in [0.5, 0.6) is 0 Å². The fourth-order valence-corrected chi connectivity index (χ4v) is 6.22. The number of rotatable bonds is 14. The number of aliphatic hydroxyl groups is 1. The zero-order valence-electron chi connectivity index (χ0n) is 25.7. The van der Waals surface area contributed by atoms with Crippen molar-refractivity contribution in [2.75, 3.05) is 50.7 Å². The number of sulfonamides is 1. The first-order valence-electron chi connectivity index (χ1n) is 15.1. The minimum Gasteiger partial charge on any atom is -0.461 e. The van der Waals surface area contributed by atoms with Gasteiger partial charge in [0.05, 0.1) is 47.1 Å². The zero-order valence-corrected chi connectivity index (χ0v) is 26.5. The average molecular weight is 636 g/mol.